The van der Waals surface area contributed by atoms with Crippen LogP contribution in [0.3, 0.4) is 0 Å². The maximum Gasteiger partial charge on any atom is 0.120 e. The zero-order valence-electron chi connectivity index (χ0n) is 10.2. The van der Waals surface area contributed by atoms with Gasteiger partial charge >= 0.3 is 0 Å². The number of hydrogen-bond donors (Lipinski definition) is 1. The Kier molecular flexibility index (Phi) is 3.35. The van der Waals surface area contributed by atoms with E-state index in [1.54, 1.807) is 11.3 Å². The third kappa shape index (κ3) is 2.92. The number of rotatable bonds is 5. The first-order chi connectivity index (χ1) is 8.81. The lowest BCUT2D eigenvalue weighted by Gasteiger charge is -2.13. The molecule has 3 heteroatoms. The number of benzene rings is 1. The van der Waals surface area contributed by atoms with Gasteiger partial charge in [0.1, 0.15) is 5.75 Å². The van der Waals surface area contributed by atoms with Crippen molar-refractivity contribution in [3.05, 3.63) is 52.2 Å². The molecule has 1 aromatic carbocycles. The van der Waals surface area contributed by atoms with Gasteiger partial charge in [-0.25, -0.2) is 0 Å². The maximum atomic E-state index is 6.25. The first kappa shape index (κ1) is 11.8. The Hall–Kier alpha value is -1.32. The largest absolute Gasteiger partial charge is 0.490 e. The Bertz CT molecular complexity index is 505. The Morgan fingerprint density at radius 2 is 2.17 bits per heavy atom. The highest BCUT2D eigenvalue weighted by molar-refractivity contribution is 7.09. The summed E-state index contributed by atoms with van der Waals surface area (Å²) in [6, 6.07) is 12.5. The summed E-state index contributed by atoms with van der Waals surface area (Å²) in [5, 5.41) is 2.09. The van der Waals surface area contributed by atoms with Gasteiger partial charge in [-0.15, -0.1) is 11.3 Å². The second-order valence-electron chi connectivity index (χ2n) is 4.78. The minimum atomic E-state index is 0.0476. The van der Waals surface area contributed by atoms with Gasteiger partial charge in [-0.3, -0.25) is 0 Å². The molecule has 94 valence electrons. The SMILES string of the molecule is NC(Cc1cccs1)c1cccc(OC2CC2)c1. The average molecular weight is 259 g/mol. The van der Waals surface area contributed by atoms with Gasteiger partial charge in [0.15, 0.2) is 0 Å². The monoisotopic (exact) mass is 259 g/mol. The van der Waals surface area contributed by atoms with Gasteiger partial charge in [0.2, 0.25) is 0 Å². The number of ether oxygens (including phenoxy) is 1. The van der Waals surface area contributed by atoms with Crippen LogP contribution in [-0.4, -0.2) is 6.10 Å². The third-order valence-electron chi connectivity index (χ3n) is 3.11. The van der Waals surface area contributed by atoms with Gasteiger partial charge in [0.05, 0.1) is 6.10 Å². The molecule has 0 spiro atoms. The van der Waals surface area contributed by atoms with E-state index in [0.717, 1.165) is 17.7 Å². The third-order valence-corrected chi connectivity index (χ3v) is 4.01. The van der Waals surface area contributed by atoms with Crippen molar-refractivity contribution in [3.63, 3.8) is 0 Å². The molecule has 1 unspecified atom stereocenters. The van der Waals surface area contributed by atoms with E-state index in [1.165, 1.54) is 17.7 Å². The summed E-state index contributed by atoms with van der Waals surface area (Å²) in [7, 11) is 0. The van der Waals surface area contributed by atoms with Crippen molar-refractivity contribution in [2.24, 2.45) is 5.73 Å². The number of thiophene rings is 1. The summed E-state index contributed by atoms with van der Waals surface area (Å²) < 4.78 is 5.80. The van der Waals surface area contributed by atoms with E-state index in [0.29, 0.717) is 6.10 Å². The maximum absolute atomic E-state index is 6.25. The van der Waals surface area contributed by atoms with Gasteiger partial charge in [-0.1, -0.05) is 18.2 Å². The van der Waals surface area contributed by atoms with Crippen LogP contribution in [0.15, 0.2) is 41.8 Å². The lowest BCUT2D eigenvalue weighted by Crippen LogP contribution is -2.12. The predicted molar refractivity (Wildman–Crippen MR) is 75.0 cm³/mol. The standard InChI is InChI=1S/C15H17NOS/c16-15(10-14-5-2-8-18-14)11-3-1-4-13(9-11)17-12-6-7-12/h1-5,8-9,12,15H,6-7,10,16H2. The first-order valence-corrected chi connectivity index (χ1v) is 7.24. The molecule has 1 aromatic heterocycles. The average Bonchev–Trinajstić information content (AvgIpc) is 3.04. The fourth-order valence-electron chi connectivity index (χ4n) is 1.96. The second-order valence-corrected chi connectivity index (χ2v) is 5.81. The van der Waals surface area contributed by atoms with Crippen LogP contribution in [0.1, 0.15) is 29.3 Å². The second kappa shape index (κ2) is 5.12. The van der Waals surface area contributed by atoms with Crippen LogP contribution >= 0.6 is 11.3 Å². The van der Waals surface area contributed by atoms with E-state index in [4.69, 9.17) is 10.5 Å². The Balaban J connectivity index is 1.69. The molecular weight excluding hydrogens is 242 g/mol. The molecule has 1 saturated carbocycles. The van der Waals surface area contributed by atoms with Gasteiger partial charge < -0.3 is 10.5 Å². The van der Waals surface area contributed by atoms with Crippen molar-refractivity contribution in [2.75, 3.05) is 0 Å². The van der Waals surface area contributed by atoms with E-state index >= 15 is 0 Å². The molecule has 18 heavy (non-hydrogen) atoms. The van der Waals surface area contributed by atoms with E-state index < -0.39 is 0 Å². The van der Waals surface area contributed by atoms with Crippen molar-refractivity contribution >= 4 is 11.3 Å². The van der Waals surface area contributed by atoms with Gasteiger partial charge in [-0.2, -0.15) is 0 Å². The van der Waals surface area contributed by atoms with Crippen molar-refractivity contribution in [2.45, 2.75) is 31.4 Å². The molecule has 1 aliphatic rings. The number of nitrogens with two attached hydrogens (primary N) is 1. The Labute approximate surface area is 111 Å². The van der Waals surface area contributed by atoms with E-state index in [2.05, 4.69) is 29.6 Å². The smallest absolute Gasteiger partial charge is 0.120 e. The van der Waals surface area contributed by atoms with Crippen molar-refractivity contribution in [1.82, 2.24) is 0 Å². The minimum absolute atomic E-state index is 0.0476. The first-order valence-electron chi connectivity index (χ1n) is 6.36. The van der Waals surface area contributed by atoms with Crippen LogP contribution in [0.25, 0.3) is 0 Å². The van der Waals surface area contributed by atoms with Crippen LogP contribution < -0.4 is 10.5 Å². The van der Waals surface area contributed by atoms with Crippen LogP contribution in [0.5, 0.6) is 5.75 Å². The lowest BCUT2D eigenvalue weighted by molar-refractivity contribution is 0.302. The normalized spacial score (nSPS) is 16.5. The lowest BCUT2D eigenvalue weighted by atomic mass is 10.0. The van der Waals surface area contributed by atoms with E-state index in [1.807, 2.05) is 12.1 Å². The zero-order valence-corrected chi connectivity index (χ0v) is 11.0. The molecule has 1 aliphatic carbocycles. The van der Waals surface area contributed by atoms with Crippen molar-refractivity contribution in [3.8, 4) is 5.75 Å². The van der Waals surface area contributed by atoms with Crippen LogP contribution in [0.2, 0.25) is 0 Å². The van der Waals surface area contributed by atoms with Crippen LogP contribution in [-0.2, 0) is 6.42 Å². The predicted octanol–water partition coefficient (Wildman–Crippen LogP) is 3.53. The fourth-order valence-corrected chi connectivity index (χ4v) is 2.73. The molecule has 0 bridgehead atoms. The molecule has 0 saturated heterocycles. The van der Waals surface area contributed by atoms with Gasteiger partial charge in [0, 0.05) is 17.3 Å². The Morgan fingerprint density at radius 1 is 1.28 bits per heavy atom. The molecule has 1 heterocycles. The zero-order chi connectivity index (χ0) is 12.4. The molecule has 3 rings (SSSR count). The quantitative estimate of drug-likeness (QED) is 0.891. The molecule has 2 aromatic rings. The summed E-state index contributed by atoms with van der Waals surface area (Å²) in [5.74, 6) is 0.955. The summed E-state index contributed by atoms with van der Waals surface area (Å²) in [5.41, 5.74) is 7.41. The van der Waals surface area contributed by atoms with E-state index in [-0.39, 0.29) is 6.04 Å². The highest BCUT2D eigenvalue weighted by Gasteiger charge is 2.23. The molecule has 2 nitrogen and oxygen atoms in total. The highest BCUT2D eigenvalue weighted by atomic mass is 32.1. The van der Waals surface area contributed by atoms with Crippen LogP contribution in [0, 0.1) is 0 Å². The summed E-state index contributed by atoms with van der Waals surface area (Å²) in [6.45, 7) is 0. The molecule has 2 N–H and O–H groups in total. The number of hydrogen-bond acceptors (Lipinski definition) is 3. The van der Waals surface area contributed by atoms with E-state index in [9.17, 15) is 0 Å². The molecule has 0 aliphatic heterocycles. The van der Waals surface area contributed by atoms with Crippen molar-refractivity contribution < 1.29 is 4.74 Å². The van der Waals surface area contributed by atoms with Gasteiger partial charge in [0.25, 0.3) is 0 Å². The summed E-state index contributed by atoms with van der Waals surface area (Å²) in [6.07, 6.45) is 3.70. The highest BCUT2D eigenvalue weighted by Crippen LogP contribution is 2.28. The minimum Gasteiger partial charge on any atom is -0.490 e. The summed E-state index contributed by atoms with van der Waals surface area (Å²) in [4.78, 5) is 1.33. The fraction of sp³-hybridized carbons (Fsp3) is 0.333. The molecule has 0 amide bonds. The molecule has 1 atom stereocenters. The molecular formula is C15H17NOS. The topological polar surface area (TPSA) is 35.2 Å². The van der Waals surface area contributed by atoms with Gasteiger partial charge in [-0.05, 0) is 42.0 Å². The van der Waals surface area contributed by atoms with Crippen LogP contribution in [0.4, 0.5) is 0 Å². The molecule has 1 fully saturated rings. The van der Waals surface area contributed by atoms with Crippen molar-refractivity contribution in [1.29, 1.82) is 0 Å². The Morgan fingerprint density at radius 3 is 2.89 bits per heavy atom. The summed E-state index contributed by atoms with van der Waals surface area (Å²) >= 11 is 1.76. The molecule has 0 radical (unpaired) electrons.